The first-order valence-corrected chi connectivity index (χ1v) is 5.56. The average molecular weight is 204 g/mol. The lowest BCUT2D eigenvalue weighted by Gasteiger charge is -2.23. The van der Waals surface area contributed by atoms with Crippen molar-refractivity contribution in [1.29, 1.82) is 0 Å². The fourth-order valence-corrected chi connectivity index (χ4v) is 2.06. The van der Waals surface area contributed by atoms with Crippen molar-refractivity contribution < 1.29 is 4.79 Å². The van der Waals surface area contributed by atoms with Gasteiger partial charge in [0.2, 0.25) is 0 Å². The highest BCUT2D eigenvalue weighted by atomic mass is 16.1. The summed E-state index contributed by atoms with van der Waals surface area (Å²) >= 11 is 0. The van der Waals surface area contributed by atoms with Crippen LogP contribution in [-0.4, -0.2) is 17.3 Å². The van der Waals surface area contributed by atoms with E-state index in [-0.39, 0.29) is 0 Å². The van der Waals surface area contributed by atoms with Crippen LogP contribution >= 0.6 is 0 Å². The van der Waals surface area contributed by atoms with Crippen molar-refractivity contribution in [3.05, 3.63) is 23.9 Å². The van der Waals surface area contributed by atoms with E-state index in [0.29, 0.717) is 11.6 Å². The molecule has 2 rings (SSSR count). The smallest absolute Gasteiger partial charge is 0.150 e. The molecule has 1 aromatic heterocycles. The van der Waals surface area contributed by atoms with E-state index < -0.39 is 0 Å². The molecular formula is C12H16N2O. The zero-order valence-corrected chi connectivity index (χ0v) is 8.78. The zero-order valence-electron chi connectivity index (χ0n) is 8.78. The molecule has 0 aliphatic heterocycles. The van der Waals surface area contributed by atoms with Crippen LogP contribution in [0.4, 0.5) is 5.82 Å². The summed E-state index contributed by atoms with van der Waals surface area (Å²) in [5.41, 5.74) is 0.684. The maximum atomic E-state index is 10.6. The van der Waals surface area contributed by atoms with Crippen LogP contribution in [0.25, 0.3) is 0 Å². The van der Waals surface area contributed by atoms with Crippen molar-refractivity contribution in [2.45, 2.75) is 38.1 Å². The molecule has 1 aliphatic rings. The monoisotopic (exact) mass is 204 g/mol. The predicted octanol–water partition coefficient (Wildman–Crippen LogP) is 2.64. The number of carbonyl (C=O) groups excluding carboxylic acids is 1. The van der Waals surface area contributed by atoms with E-state index in [1.807, 2.05) is 6.07 Å². The van der Waals surface area contributed by atoms with Crippen molar-refractivity contribution in [2.24, 2.45) is 0 Å². The SMILES string of the molecule is O=Cc1ccnc(NC2CCCCC2)c1. The minimum Gasteiger partial charge on any atom is -0.367 e. The molecular weight excluding hydrogens is 188 g/mol. The molecule has 3 heteroatoms. The van der Waals surface area contributed by atoms with Gasteiger partial charge in [0.15, 0.2) is 0 Å². The molecule has 3 nitrogen and oxygen atoms in total. The number of aldehydes is 1. The van der Waals surface area contributed by atoms with Gasteiger partial charge in [0.1, 0.15) is 12.1 Å². The lowest BCUT2D eigenvalue weighted by atomic mass is 9.95. The van der Waals surface area contributed by atoms with E-state index in [0.717, 1.165) is 12.1 Å². The van der Waals surface area contributed by atoms with Gasteiger partial charge in [-0.3, -0.25) is 4.79 Å². The summed E-state index contributed by atoms with van der Waals surface area (Å²) in [5.74, 6) is 0.825. The van der Waals surface area contributed by atoms with Gasteiger partial charge < -0.3 is 5.32 Å². The normalized spacial score (nSPS) is 17.3. The second kappa shape index (κ2) is 4.91. The fraction of sp³-hybridized carbons (Fsp3) is 0.500. The molecule has 0 aromatic carbocycles. The van der Waals surface area contributed by atoms with Crippen LogP contribution < -0.4 is 5.32 Å². The van der Waals surface area contributed by atoms with Gasteiger partial charge in [-0.1, -0.05) is 19.3 Å². The second-order valence-electron chi connectivity index (χ2n) is 4.07. The Hall–Kier alpha value is -1.38. The minimum absolute atomic E-state index is 0.535. The number of anilines is 1. The van der Waals surface area contributed by atoms with E-state index in [2.05, 4.69) is 10.3 Å². The molecule has 0 atom stereocenters. The Morgan fingerprint density at radius 2 is 2.13 bits per heavy atom. The van der Waals surface area contributed by atoms with Crippen LogP contribution in [0.3, 0.4) is 0 Å². The number of nitrogens with one attached hydrogen (secondary N) is 1. The van der Waals surface area contributed by atoms with Crippen LogP contribution in [0, 0.1) is 0 Å². The lowest BCUT2D eigenvalue weighted by Crippen LogP contribution is -2.22. The Morgan fingerprint density at radius 3 is 2.87 bits per heavy atom. The Balaban J connectivity index is 1.99. The number of rotatable bonds is 3. The van der Waals surface area contributed by atoms with Crippen LogP contribution in [0.5, 0.6) is 0 Å². The van der Waals surface area contributed by atoms with Gasteiger partial charge in [-0.25, -0.2) is 4.98 Å². The summed E-state index contributed by atoms with van der Waals surface area (Å²) in [5, 5.41) is 3.39. The van der Waals surface area contributed by atoms with Crippen molar-refractivity contribution in [3.63, 3.8) is 0 Å². The standard InChI is InChI=1S/C12H16N2O/c15-9-10-6-7-13-12(8-10)14-11-4-2-1-3-5-11/h6-9,11H,1-5H2,(H,13,14). The maximum absolute atomic E-state index is 10.6. The van der Waals surface area contributed by atoms with Gasteiger partial charge in [-0.2, -0.15) is 0 Å². The molecule has 0 bridgehead atoms. The predicted molar refractivity (Wildman–Crippen MR) is 60.1 cm³/mol. The molecule has 0 unspecified atom stereocenters. The highest BCUT2D eigenvalue weighted by Gasteiger charge is 2.13. The summed E-state index contributed by atoms with van der Waals surface area (Å²) < 4.78 is 0. The molecule has 1 heterocycles. The highest BCUT2D eigenvalue weighted by Crippen LogP contribution is 2.20. The van der Waals surface area contributed by atoms with E-state index >= 15 is 0 Å². The summed E-state index contributed by atoms with van der Waals surface area (Å²) in [6, 6.07) is 4.06. The van der Waals surface area contributed by atoms with Crippen molar-refractivity contribution in [1.82, 2.24) is 4.98 Å². The molecule has 1 fully saturated rings. The third kappa shape index (κ3) is 2.78. The number of hydrogen-bond donors (Lipinski definition) is 1. The molecule has 1 saturated carbocycles. The van der Waals surface area contributed by atoms with E-state index in [1.165, 1.54) is 32.1 Å². The first-order chi connectivity index (χ1) is 7.38. The van der Waals surface area contributed by atoms with Gasteiger partial charge in [-0.15, -0.1) is 0 Å². The summed E-state index contributed by atoms with van der Waals surface area (Å²) in [6.45, 7) is 0. The van der Waals surface area contributed by atoms with Crippen LogP contribution in [0.1, 0.15) is 42.5 Å². The van der Waals surface area contributed by atoms with E-state index in [9.17, 15) is 4.79 Å². The fourth-order valence-electron chi connectivity index (χ4n) is 2.06. The molecule has 1 aromatic rings. The van der Waals surface area contributed by atoms with E-state index in [1.54, 1.807) is 12.3 Å². The number of carbonyl (C=O) groups is 1. The lowest BCUT2D eigenvalue weighted by molar-refractivity contribution is 0.112. The molecule has 1 N–H and O–H groups in total. The third-order valence-corrected chi connectivity index (χ3v) is 2.88. The Morgan fingerprint density at radius 1 is 1.33 bits per heavy atom. The number of hydrogen-bond acceptors (Lipinski definition) is 3. The third-order valence-electron chi connectivity index (χ3n) is 2.88. The Bertz CT molecular complexity index is 332. The highest BCUT2D eigenvalue weighted by molar-refractivity contribution is 5.75. The molecule has 0 spiro atoms. The Labute approximate surface area is 89.9 Å². The number of aromatic nitrogens is 1. The summed E-state index contributed by atoms with van der Waals surface area (Å²) in [6.07, 6.45) is 8.90. The number of pyridine rings is 1. The van der Waals surface area contributed by atoms with Gasteiger partial charge in [0.25, 0.3) is 0 Å². The van der Waals surface area contributed by atoms with Crippen molar-refractivity contribution in [3.8, 4) is 0 Å². The molecule has 0 saturated heterocycles. The number of nitrogens with zero attached hydrogens (tertiary/aromatic N) is 1. The average Bonchev–Trinajstić information content (AvgIpc) is 2.31. The van der Waals surface area contributed by atoms with Gasteiger partial charge >= 0.3 is 0 Å². The largest absolute Gasteiger partial charge is 0.367 e. The second-order valence-corrected chi connectivity index (χ2v) is 4.07. The minimum atomic E-state index is 0.535. The van der Waals surface area contributed by atoms with Gasteiger partial charge in [0, 0.05) is 17.8 Å². The topological polar surface area (TPSA) is 42.0 Å². The summed E-state index contributed by atoms with van der Waals surface area (Å²) in [7, 11) is 0. The first kappa shape index (κ1) is 10.1. The molecule has 0 radical (unpaired) electrons. The molecule has 15 heavy (non-hydrogen) atoms. The summed E-state index contributed by atoms with van der Waals surface area (Å²) in [4.78, 5) is 14.8. The zero-order chi connectivity index (χ0) is 10.5. The van der Waals surface area contributed by atoms with Crippen LogP contribution in [0.15, 0.2) is 18.3 Å². The van der Waals surface area contributed by atoms with Crippen LogP contribution in [-0.2, 0) is 0 Å². The first-order valence-electron chi connectivity index (χ1n) is 5.56. The maximum Gasteiger partial charge on any atom is 0.150 e. The van der Waals surface area contributed by atoms with Gasteiger partial charge in [-0.05, 0) is 25.0 Å². The Kier molecular flexibility index (Phi) is 3.33. The molecule has 1 aliphatic carbocycles. The van der Waals surface area contributed by atoms with Crippen molar-refractivity contribution >= 4 is 12.1 Å². The molecule has 80 valence electrons. The molecule has 0 amide bonds. The van der Waals surface area contributed by atoms with Crippen LogP contribution in [0.2, 0.25) is 0 Å². The quantitative estimate of drug-likeness (QED) is 0.769. The van der Waals surface area contributed by atoms with Crippen molar-refractivity contribution in [2.75, 3.05) is 5.32 Å². The van der Waals surface area contributed by atoms with E-state index in [4.69, 9.17) is 0 Å². The van der Waals surface area contributed by atoms with Gasteiger partial charge in [0.05, 0.1) is 0 Å².